The van der Waals surface area contributed by atoms with E-state index in [1.807, 2.05) is 17.5 Å². The largest absolute Gasteiger partial charge is 1.00 e. The first-order chi connectivity index (χ1) is 10.7. The third-order valence-electron chi connectivity index (χ3n) is 3.82. The molecule has 0 saturated carbocycles. The van der Waals surface area contributed by atoms with Crippen LogP contribution in [0.3, 0.4) is 0 Å². The Bertz CT molecular complexity index is 309. The minimum atomic E-state index is -1.96. The van der Waals surface area contributed by atoms with Crippen molar-refractivity contribution in [2.45, 2.75) is 72.6 Å². The van der Waals surface area contributed by atoms with Gasteiger partial charge in [-0.15, -0.1) is 5.38 Å². The Labute approximate surface area is 200 Å². The fourth-order valence-electron chi connectivity index (χ4n) is 2.41. The molecule has 0 aliphatic rings. The van der Waals surface area contributed by atoms with E-state index in [0.717, 1.165) is 0 Å². The SMILES string of the molecule is [C-]#N.[CH-]=[CH][Sn]([CH2]CCC)([CH2]CCC)[CH2]CCC.[Cu+].[Li+].[Li+].[c-]1cccs1. The first-order valence-corrected chi connectivity index (χ1v) is 17.0. The third-order valence-corrected chi connectivity index (χ3v) is 18.0. The fraction of sp³-hybridized carbons (Fsp3) is 0.632. The minimum Gasteiger partial charge on any atom is -0.304 e. The number of hydrogen-bond acceptors (Lipinski definition) is 2. The predicted octanol–water partition coefficient (Wildman–Crippen LogP) is 1.01. The molecule has 0 amide bonds. The van der Waals surface area contributed by atoms with Gasteiger partial charge in [-0.05, 0) is 0 Å². The van der Waals surface area contributed by atoms with Gasteiger partial charge < -0.3 is 23.2 Å². The normalized spacial score (nSPS) is 8.68. The van der Waals surface area contributed by atoms with Crippen LogP contribution >= 0.6 is 11.3 Å². The molecule has 0 spiro atoms. The molecular formula is C19H32CuLi2NSSn. The summed E-state index contributed by atoms with van der Waals surface area (Å²) in [6.45, 7) is 17.6. The Morgan fingerprint density at radius 3 is 1.56 bits per heavy atom. The average Bonchev–Trinajstić information content (AvgIpc) is 3.16. The van der Waals surface area contributed by atoms with E-state index < -0.39 is 18.4 Å². The van der Waals surface area contributed by atoms with Crippen LogP contribution in [0.1, 0.15) is 59.3 Å². The molecule has 1 nitrogen and oxygen atoms in total. The van der Waals surface area contributed by atoms with Gasteiger partial charge in [0.1, 0.15) is 0 Å². The summed E-state index contributed by atoms with van der Waals surface area (Å²) >= 11 is -0.374. The Kier molecular flexibility index (Phi) is 44.9. The molecular weight excluding hydrogens is 470 g/mol. The van der Waals surface area contributed by atoms with Gasteiger partial charge in [-0.3, -0.25) is 0 Å². The maximum Gasteiger partial charge on any atom is 1.00 e. The van der Waals surface area contributed by atoms with E-state index in [9.17, 15) is 0 Å². The topological polar surface area (TPSA) is 23.8 Å². The fourth-order valence-corrected chi connectivity index (χ4v) is 15.4. The van der Waals surface area contributed by atoms with E-state index in [2.05, 4.69) is 30.2 Å². The van der Waals surface area contributed by atoms with E-state index in [0.29, 0.717) is 0 Å². The van der Waals surface area contributed by atoms with Gasteiger partial charge in [-0.1, -0.05) is 0 Å². The van der Waals surface area contributed by atoms with Gasteiger partial charge in [-0.25, -0.2) is 6.07 Å². The second kappa shape index (κ2) is 30.2. The molecule has 136 valence electrons. The standard InChI is InChI=1S/C4H3S.3C4H9.C2H2.CN.Cu.2Li.Sn/c1-2-4-5-3-1;3*1-3-4-2;2*1-2;;;;/h1-3H;3*1,3-4H2,2H3;1-2H;;;;;/q-1;;;;2*-1;3*+1;. The molecule has 1 aromatic rings. The smallest absolute Gasteiger partial charge is 0.304 e. The molecule has 6 heteroatoms. The predicted molar refractivity (Wildman–Crippen MR) is 102 cm³/mol. The van der Waals surface area contributed by atoms with Crippen molar-refractivity contribution in [2.75, 3.05) is 0 Å². The van der Waals surface area contributed by atoms with E-state index in [-0.39, 0.29) is 54.8 Å². The summed E-state index contributed by atoms with van der Waals surface area (Å²) in [5.41, 5.74) is 0. The third kappa shape index (κ3) is 23.4. The molecule has 0 bridgehead atoms. The van der Waals surface area contributed by atoms with Gasteiger partial charge in [0.15, 0.2) is 0 Å². The van der Waals surface area contributed by atoms with Crippen molar-refractivity contribution in [2.24, 2.45) is 0 Å². The van der Waals surface area contributed by atoms with E-state index >= 15 is 0 Å². The molecule has 1 aromatic heterocycles. The molecule has 0 aliphatic carbocycles. The van der Waals surface area contributed by atoms with Crippen molar-refractivity contribution in [1.29, 1.82) is 5.26 Å². The first-order valence-electron chi connectivity index (χ1n) is 8.42. The molecule has 1 rings (SSSR count). The molecule has 0 fully saturated rings. The van der Waals surface area contributed by atoms with Crippen LogP contribution < -0.4 is 37.7 Å². The second-order valence-corrected chi connectivity index (χ2v) is 19.3. The van der Waals surface area contributed by atoms with Crippen LogP contribution in [0.15, 0.2) is 21.6 Å². The van der Waals surface area contributed by atoms with Crippen LogP contribution in [0.5, 0.6) is 0 Å². The van der Waals surface area contributed by atoms with Crippen molar-refractivity contribution in [3.63, 3.8) is 0 Å². The Hall–Kier alpha value is 1.44. The summed E-state index contributed by atoms with van der Waals surface area (Å²) < 4.78 is 6.72. The summed E-state index contributed by atoms with van der Waals surface area (Å²) in [5.74, 6) is 0. The Morgan fingerprint density at radius 1 is 1.00 bits per heavy atom. The van der Waals surface area contributed by atoms with E-state index in [4.69, 9.17) is 18.4 Å². The second-order valence-electron chi connectivity index (χ2n) is 5.57. The Balaban J connectivity index is -0.000000113. The monoisotopic (exact) mass is 503 g/mol. The Morgan fingerprint density at radius 2 is 1.40 bits per heavy atom. The zero-order valence-corrected chi connectivity index (χ0v) is 21.5. The number of unbranched alkanes of at least 4 members (excludes halogenated alkanes) is 3. The van der Waals surface area contributed by atoms with Crippen LogP contribution in [-0.4, -0.2) is 18.4 Å². The zero-order chi connectivity index (χ0) is 17.1. The van der Waals surface area contributed by atoms with Crippen LogP contribution in [0.4, 0.5) is 0 Å². The quantitative estimate of drug-likeness (QED) is 0.346. The van der Waals surface area contributed by atoms with E-state index in [1.165, 1.54) is 51.8 Å². The van der Waals surface area contributed by atoms with Crippen LogP contribution in [0.2, 0.25) is 13.3 Å². The van der Waals surface area contributed by atoms with Gasteiger partial charge in [0.2, 0.25) is 0 Å². The van der Waals surface area contributed by atoms with Crippen LogP contribution in [0.25, 0.3) is 0 Å². The van der Waals surface area contributed by atoms with Crippen molar-refractivity contribution in [1.82, 2.24) is 0 Å². The molecule has 0 saturated heterocycles. The summed E-state index contributed by atoms with van der Waals surface area (Å²) in [6.07, 6.45) is 8.26. The van der Waals surface area contributed by atoms with Gasteiger partial charge >= 0.3 is 156 Å². The molecule has 0 unspecified atom stereocenters. The molecule has 0 N–H and O–H groups in total. The van der Waals surface area contributed by atoms with Gasteiger partial charge in [0.05, 0.1) is 0 Å². The molecule has 1 heterocycles. The summed E-state index contributed by atoms with van der Waals surface area (Å²) in [4.78, 5) is 0. The maximum atomic E-state index is 6.25. The van der Waals surface area contributed by atoms with E-state index in [1.54, 1.807) is 11.3 Å². The number of rotatable bonds is 10. The average molecular weight is 503 g/mol. The van der Waals surface area contributed by atoms with Gasteiger partial charge in [0, 0.05) is 0 Å². The molecule has 0 radical (unpaired) electrons. The summed E-state index contributed by atoms with van der Waals surface area (Å²) in [7, 11) is 0. The van der Waals surface area contributed by atoms with Crippen molar-refractivity contribution in [3.8, 4) is 0 Å². The molecule has 0 aromatic carbocycles. The zero-order valence-electron chi connectivity index (χ0n) is 16.9. The minimum absolute atomic E-state index is 0. The number of thiophene rings is 1. The van der Waals surface area contributed by atoms with Gasteiger partial charge in [-0.2, -0.15) is 11.4 Å². The van der Waals surface area contributed by atoms with Crippen molar-refractivity contribution >= 4 is 29.7 Å². The maximum absolute atomic E-state index is 6.25. The van der Waals surface area contributed by atoms with Crippen LogP contribution in [0, 0.1) is 23.8 Å². The molecule has 0 atom stereocenters. The summed E-state index contributed by atoms with van der Waals surface area (Å²) in [5, 5.41) is 11.1. The first kappa shape index (κ1) is 37.2. The number of hydrogen-bond donors (Lipinski definition) is 0. The van der Waals surface area contributed by atoms with Gasteiger partial charge in [0.25, 0.3) is 0 Å². The number of nitrogens with zero attached hydrogens (tertiary/aromatic N) is 1. The molecule has 25 heavy (non-hydrogen) atoms. The van der Waals surface area contributed by atoms with Crippen LogP contribution in [-0.2, 0) is 17.1 Å². The van der Waals surface area contributed by atoms with Crippen molar-refractivity contribution < 1.29 is 54.8 Å². The summed E-state index contributed by atoms with van der Waals surface area (Å²) in [6, 6.07) is 3.86. The molecule has 0 aliphatic heterocycles. The van der Waals surface area contributed by atoms with Crippen molar-refractivity contribution in [3.05, 3.63) is 40.1 Å².